The summed E-state index contributed by atoms with van der Waals surface area (Å²) < 4.78 is 5.63. The van der Waals surface area contributed by atoms with Crippen LogP contribution >= 0.6 is 0 Å². The van der Waals surface area contributed by atoms with E-state index in [0.717, 1.165) is 22.1 Å². The lowest BCUT2D eigenvalue weighted by Gasteiger charge is -2.14. The summed E-state index contributed by atoms with van der Waals surface area (Å²) in [5, 5.41) is 13.5. The molecule has 0 atom stereocenters. The molecule has 0 aliphatic carbocycles. The van der Waals surface area contributed by atoms with E-state index in [1.165, 1.54) is 0 Å². The van der Waals surface area contributed by atoms with Crippen molar-refractivity contribution in [3.05, 3.63) is 42.0 Å². The molecular formula is C17H19NO4. The monoisotopic (exact) mass is 301 g/mol. The molecule has 0 saturated heterocycles. The van der Waals surface area contributed by atoms with E-state index in [2.05, 4.69) is 5.32 Å². The number of amides is 1. The summed E-state index contributed by atoms with van der Waals surface area (Å²) in [5.74, 6) is -0.521. The topological polar surface area (TPSA) is 75.6 Å². The van der Waals surface area contributed by atoms with E-state index < -0.39 is 5.97 Å². The first-order valence-corrected chi connectivity index (χ1v) is 7.23. The molecule has 22 heavy (non-hydrogen) atoms. The second-order valence-corrected chi connectivity index (χ2v) is 4.87. The second kappa shape index (κ2) is 7.45. The molecule has 0 bridgehead atoms. The maximum absolute atomic E-state index is 11.7. The maximum Gasteiger partial charge on any atom is 0.303 e. The minimum Gasteiger partial charge on any atom is -0.494 e. The molecule has 5 heteroatoms. The van der Waals surface area contributed by atoms with E-state index in [9.17, 15) is 9.59 Å². The van der Waals surface area contributed by atoms with Gasteiger partial charge in [0, 0.05) is 18.5 Å². The predicted octanol–water partition coefficient (Wildman–Crippen LogP) is 2.72. The van der Waals surface area contributed by atoms with Gasteiger partial charge in [-0.15, -0.1) is 0 Å². The third kappa shape index (κ3) is 3.97. The Bertz CT molecular complexity index is 681. The van der Waals surface area contributed by atoms with Crippen LogP contribution in [-0.2, 0) is 16.1 Å². The summed E-state index contributed by atoms with van der Waals surface area (Å²) >= 11 is 0. The highest BCUT2D eigenvalue weighted by atomic mass is 16.5. The zero-order chi connectivity index (χ0) is 15.9. The molecular weight excluding hydrogens is 282 g/mol. The fourth-order valence-corrected chi connectivity index (χ4v) is 2.28. The van der Waals surface area contributed by atoms with E-state index in [4.69, 9.17) is 9.84 Å². The molecule has 0 aliphatic heterocycles. The zero-order valence-corrected chi connectivity index (χ0v) is 12.5. The van der Waals surface area contributed by atoms with Gasteiger partial charge in [0.05, 0.1) is 13.0 Å². The van der Waals surface area contributed by atoms with E-state index in [-0.39, 0.29) is 18.7 Å². The van der Waals surface area contributed by atoms with Gasteiger partial charge >= 0.3 is 5.97 Å². The molecule has 5 nitrogen and oxygen atoms in total. The van der Waals surface area contributed by atoms with Crippen molar-refractivity contribution in [2.75, 3.05) is 6.61 Å². The quantitative estimate of drug-likeness (QED) is 0.824. The smallest absolute Gasteiger partial charge is 0.303 e. The molecule has 0 heterocycles. The lowest BCUT2D eigenvalue weighted by Crippen LogP contribution is -2.23. The van der Waals surface area contributed by atoms with Crippen LogP contribution in [0.3, 0.4) is 0 Å². The van der Waals surface area contributed by atoms with Crippen LogP contribution in [0.15, 0.2) is 36.4 Å². The van der Waals surface area contributed by atoms with Gasteiger partial charge in [0.1, 0.15) is 5.75 Å². The summed E-state index contributed by atoms with van der Waals surface area (Å²) in [6.45, 7) is 2.76. The van der Waals surface area contributed by atoms with Crippen LogP contribution in [0.2, 0.25) is 0 Å². The largest absolute Gasteiger partial charge is 0.494 e. The van der Waals surface area contributed by atoms with Crippen LogP contribution < -0.4 is 10.1 Å². The average Bonchev–Trinajstić information content (AvgIpc) is 2.52. The molecule has 0 fully saturated rings. The van der Waals surface area contributed by atoms with E-state index in [1.807, 2.05) is 43.3 Å². The summed E-state index contributed by atoms with van der Waals surface area (Å²) in [5.41, 5.74) is 0.906. The fraction of sp³-hybridized carbons (Fsp3) is 0.294. The van der Waals surface area contributed by atoms with E-state index in [1.54, 1.807) is 0 Å². The Hall–Kier alpha value is -2.56. The number of carbonyl (C=O) groups is 2. The van der Waals surface area contributed by atoms with Gasteiger partial charge in [-0.3, -0.25) is 9.59 Å². The Kier molecular flexibility index (Phi) is 5.36. The Balaban J connectivity index is 2.19. The Morgan fingerprint density at radius 3 is 2.64 bits per heavy atom. The lowest BCUT2D eigenvalue weighted by atomic mass is 10.0. The van der Waals surface area contributed by atoms with Crippen LogP contribution in [0.4, 0.5) is 0 Å². The predicted molar refractivity (Wildman–Crippen MR) is 83.8 cm³/mol. The van der Waals surface area contributed by atoms with Crippen molar-refractivity contribution in [2.45, 2.75) is 26.3 Å². The van der Waals surface area contributed by atoms with Gasteiger partial charge in [-0.25, -0.2) is 0 Å². The van der Waals surface area contributed by atoms with Crippen molar-refractivity contribution in [2.24, 2.45) is 0 Å². The number of ether oxygens (including phenoxy) is 1. The van der Waals surface area contributed by atoms with Crippen molar-refractivity contribution in [1.29, 1.82) is 0 Å². The first-order chi connectivity index (χ1) is 10.6. The Morgan fingerprint density at radius 2 is 1.91 bits per heavy atom. The summed E-state index contributed by atoms with van der Waals surface area (Å²) in [7, 11) is 0. The molecule has 0 radical (unpaired) electrons. The van der Waals surface area contributed by atoms with Gasteiger partial charge in [0.25, 0.3) is 0 Å². The Morgan fingerprint density at radius 1 is 1.14 bits per heavy atom. The number of rotatable bonds is 7. The first kappa shape index (κ1) is 15.8. The molecule has 0 saturated carbocycles. The maximum atomic E-state index is 11.7. The van der Waals surface area contributed by atoms with Crippen LogP contribution in [0.1, 0.15) is 25.3 Å². The number of carboxylic acids is 1. The minimum absolute atomic E-state index is 0.0237. The summed E-state index contributed by atoms with van der Waals surface area (Å²) in [6.07, 6.45) is -0.191. The van der Waals surface area contributed by atoms with Gasteiger partial charge in [-0.05, 0) is 23.8 Å². The highest BCUT2D eigenvalue weighted by Crippen LogP contribution is 2.28. The van der Waals surface area contributed by atoms with Crippen molar-refractivity contribution < 1.29 is 19.4 Å². The molecule has 0 aliphatic rings. The van der Waals surface area contributed by atoms with Gasteiger partial charge in [-0.1, -0.05) is 30.3 Å². The average molecular weight is 301 g/mol. The van der Waals surface area contributed by atoms with Gasteiger partial charge in [0.2, 0.25) is 5.91 Å². The van der Waals surface area contributed by atoms with Crippen molar-refractivity contribution in [3.8, 4) is 5.75 Å². The molecule has 116 valence electrons. The number of nitrogens with one attached hydrogen (secondary N) is 1. The van der Waals surface area contributed by atoms with Crippen LogP contribution in [0.25, 0.3) is 10.8 Å². The SMILES string of the molecule is CCOc1ccc2ccccc2c1CNC(=O)CCC(=O)O. The highest BCUT2D eigenvalue weighted by Gasteiger charge is 2.11. The molecule has 2 N–H and O–H groups in total. The molecule has 0 unspecified atom stereocenters. The molecule has 2 rings (SSSR count). The molecule has 2 aromatic rings. The summed E-state index contributed by atoms with van der Waals surface area (Å²) in [4.78, 5) is 22.2. The van der Waals surface area contributed by atoms with E-state index in [0.29, 0.717) is 13.2 Å². The number of fused-ring (bicyclic) bond motifs is 1. The van der Waals surface area contributed by atoms with Crippen LogP contribution in [0.5, 0.6) is 5.75 Å². The first-order valence-electron chi connectivity index (χ1n) is 7.23. The van der Waals surface area contributed by atoms with Gasteiger partial charge in [0.15, 0.2) is 0 Å². The van der Waals surface area contributed by atoms with Crippen molar-refractivity contribution in [1.82, 2.24) is 5.32 Å². The lowest BCUT2D eigenvalue weighted by molar-refractivity contribution is -0.138. The van der Waals surface area contributed by atoms with Gasteiger partial charge in [-0.2, -0.15) is 0 Å². The van der Waals surface area contributed by atoms with Crippen LogP contribution in [0, 0.1) is 0 Å². The molecule has 0 aromatic heterocycles. The molecule has 0 spiro atoms. The zero-order valence-electron chi connectivity index (χ0n) is 12.5. The Labute approximate surface area is 128 Å². The number of hydrogen-bond donors (Lipinski definition) is 2. The minimum atomic E-state index is -0.977. The third-order valence-corrected chi connectivity index (χ3v) is 3.33. The standard InChI is InChI=1S/C17H19NO4/c1-2-22-15-8-7-12-5-3-4-6-13(12)14(15)11-18-16(19)9-10-17(20)21/h3-8H,2,9-11H2,1H3,(H,18,19)(H,20,21). The number of hydrogen-bond acceptors (Lipinski definition) is 3. The van der Waals surface area contributed by atoms with Gasteiger partial charge < -0.3 is 15.2 Å². The normalized spacial score (nSPS) is 10.4. The summed E-state index contributed by atoms with van der Waals surface area (Å²) in [6, 6.07) is 11.8. The van der Waals surface area contributed by atoms with Crippen LogP contribution in [-0.4, -0.2) is 23.6 Å². The number of carbonyl (C=O) groups excluding carboxylic acids is 1. The fourth-order valence-electron chi connectivity index (χ4n) is 2.28. The second-order valence-electron chi connectivity index (χ2n) is 4.87. The number of aliphatic carboxylic acids is 1. The number of carboxylic acid groups (broad SMARTS) is 1. The highest BCUT2D eigenvalue weighted by molar-refractivity contribution is 5.88. The van der Waals surface area contributed by atoms with E-state index >= 15 is 0 Å². The van der Waals surface area contributed by atoms with Crippen molar-refractivity contribution in [3.63, 3.8) is 0 Å². The molecule has 1 amide bonds. The van der Waals surface area contributed by atoms with Crippen molar-refractivity contribution >= 4 is 22.6 Å². The third-order valence-electron chi connectivity index (χ3n) is 3.33. The number of benzene rings is 2. The molecule has 2 aromatic carbocycles.